The largest absolute Gasteiger partial charge is 0.387 e. The van der Waals surface area contributed by atoms with Gasteiger partial charge in [-0.05, 0) is 31.0 Å². The predicted molar refractivity (Wildman–Crippen MR) is 92.6 cm³/mol. The van der Waals surface area contributed by atoms with E-state index in [9.17, 15) is 5.11 Å². The number of nitrogens with zero attached hydrogens (tertiary/aromatic N) is 3. The highest BCUT2D eigenvalue weighted by atomic mass is 16.5. The minimum atomic E-state index is -0.445. The van der Waals surface area contributed by atoms with E-state index >= 15 is 0 Å². The van der Waals surface area contributed by atoms with Crippen LogP contribution in [0, 0.1) is 0 Å². The SMILES string of the molecule is COCc1nccc(C2CCCN(CC(O)c3ccccc3)C2)n1. The Kier molecular flexibility index (Phi) is 5.91. The second kappa shape index (κ2) is 8.33. The number of piperidine rings is 1. The molecule has 2 atom stereocenters. The number of aliphatic hydroxyl groups excluding tert-OH is 1. The molecule has 5 heteroatoms. The summed E-state index contributed by atoms with van der Waals surface area (Å²) in [6, 6.07) is 11.9. The van der Waals surface area contributed by atoms with E-state index in [0.29, 0.717) is 19.1 Å². The van der Waals surface area contributed by atoms with Crippen molar-refractivity contribution in [3.05, 3.63) is 59.7 Å². The minimum Gasteiger partial charge on any atom is -0.387 e. The maximum atomic E-state index is 10.5. The monoisotopic (exact) mass is 327 g/mol. The van der Waals surface area contributed by atoms with Crippen LogP contribution < -0.4 is 0 Å². The maximum absolute atomic E-state index is 10.5. The van der Waals surface area contributed by atoms with Crippen molar-refractivity contribution in [2.24, 2.45) is 0 Å². The van der Waals surface area contributed by atoms with Gasteiger partial charge in [0.1, 0.15) is 6.61 Å². The number of β-amino-alcohol motifs (C(OH)–C–C–N with tert-alkyl or cyclic N) is 1. The second-order valence-electron chi connectivity index (χ2n) is 6.36. The van der Waals surface area contributed by atoms with E-state index in [1.165, 1.54) is 0 Å². The molecule has 0 radical (unpaired) electrons. The molecule has 1 aliphatic rings. The number of likely N-dealkylation sites (tertiary alicyclic amines) is 1. The standard InChI is InChI=1S/C19H25N3O2/c1-24-14-19-20-10-9-17(21-19)16-8-5-11-22(12-16)13-18(23)15-6-3-2-4-7-15/h2-4,6-7,9-10,16,18,23H,5,8,11-14H2,1H3. The Hall–Kier alpha value is -1.82. The summed E-state index contributed by atoms with van der Waals surface area (Å²) < 4.78 is 5.12. The molecule has 0 aliphatic carbocycles. The number of methoxy groups -OCH3 is 1. The number of benzene rings is 1. The van der Waals surface area contributed by atoms with Crippen molar-refractivity contribution in [3.63, 3.8) is 0 Å². The summed E-state index contributed by atoms with van der Waals surface area (Å²) in [5, 5.41) is 10.5. The summed E-state index contributed by atoms with van der Waals surface area (Å²) in [7, 11) is 1.66. The van der Waals surface area contributed by atoms with E-state index in [1.54, 1.807) is 7.11 Å². The molecule has 5 nitrogen and oxygen atoms in total. The van der Waals surface area contributed by atoms with Crippen molar-refractivity contribution in [2.75, 3.05) is 26.7 Å². The molecule has 0 amide bonds. The molecule has 1 N–H and O–H groups in total. The number of aliphatic hydroxyl groups is 1. The minimum absolute atomic E-state index is 0.389. The molecule has 2 heterocycles. The summed E-state index contributed by atoms with van der Waals surface area (Å²) in [4.78, 5) is 11.2. The van der Waals surface area contributed by atoms with Gasteiger partial charge in [0.25, 0.3) is 0 Å². The first-order valence-corrected chi connectivity index (χ1v) is 8.52. The van der Waals surface area contributed by atoms with E-state index in [0.717, 1.165) is 43.0 Å². The average molecular weight is 327 g/mol. The molecule has 0 saturated carbocycles. The van der Waals surface area contributed by atoms with Gasteiger partial charge >= 0.3 is 0 Å². The van der Waals surface area contributed by atoms with Gasteiger partial charge in [-0.1, -0.05) is 30.3 Å². The lowest BCUT2D eigenvalue weighted by Crippen LogP contribution is -2.37. The van der Waals surface area contributed by atoms with Crippen molar-refractivity contribution in [1.82, 2.24) is 14.9 Å². The van der Waals surface area contributed by atoms with Crippen LogP contribution in [0.15, 0.2) is 42.6 Å². The highest BCUT2D eigenvalue weighted by molar-refractivity contribution is 5.18. The first kappa shape index (κ1) is 17.0. The lowest BCUT2D eigenvalue weighted by atomic mass is 9.94. The van der Waals surface area contributed by atoms with Crippen LogP contribution in [0.3, 0.4) is 0 Å². The first-order chi connectivity index (χ1) is 11.8. The van der Waals surface area contributed by atoms with Gasteiger partial charge in [0, 0.05) is 38.0 Å². The summed E-state index contributed by atoms with van der Waals surface area (Å²) in [6.07, 6.45) is 3.62. The first-order valence-electron chi connectivity index (χ1n) is 8.52. The zero-order chi connectivity index (χ0) is 16.8. The van der Waals surface area contributed by atoms with Crippen molar-refractivity contribution >= 4 is 0 Å². The van der Waals surface area contributed by atoms with E-state index in [-0.39, 0.29) is 0 Å². The smallest absolute Gasteiger partial charge is 0.154 e. The van der Waals surface area contributed by atoms with Crippen molar-refractivity contribution in [2.45, 2.75) is 31.5 Å². The molecule has 2 unspecified atom stereocenters. The summed E-state index contributed by atoms with van der Waals surface area (Å²) in [6.45, 7) is 3.05. The summed E-state index contributed by atoms with van der Waals surface area (Å²) in [5.41, 5.74) is 2.06. The Bertz CT molecular complexity index is 636. The Morgan fingerprint density at radius 2 is 2.12 bits per heavy atom. The fourth-order valence-electron chi connectivity index (χ4n) is 3.33. The number of hydrogen-bond acceptors (Lipinski definition) is 5. The molecule has 1 saturated heterocycles. The maximum Gasteiger partial charge on any atom is 0.154 e. The number of hydrogen-bond donors (Lipinski definition) is 1. The van der Waals surface area contributed by atoms with Gasteiger partial charge in [-0.15, -0.1) is 0 Å². The third kappa shape index (κ3) is 4.38. The average Bonchev–Trinajstić information content (AvgIpc) is 2.63. The number of rotatable bonds is 6. The molecule has 0 spiro atoms. The van der Waals surface area contributed by atoms with Crippen LogP contribution in [-0.2, 0) is 11.3 Å². The molecule has 1 aromatic heterocycles. The summed E-state index contributed by atoms with van der Waals surface area (Å²) in [5.74, 6) is 1.12. The number of ether oxygens (including phenoxy) is 1. The van der Waals surface area contributed by atoms with Gasteiger partial charge < -0.3 is 9.84 Å². The third-order valence-corrected chi connectivity index (χ3v) is 4.54. The van der Waals surface area contributed by atoms with E-state index in [4.69, 9.17) is 4.74 Å². The molecular weight excluding hydrogens is 302 g/mol. The molecule has 24 heavy (non-hydrogen) atoms. The molecule has 2 aromatic rings. The Morgan fingerprint density at radius 1 is 1.29 bits per heavy atom. The van der Waals surface area contributed by atoms with Crippen LogP contribution in [0.1, 0.15) is 41.9 Å². The zero-order valence-electron chi connectivity index (χ0n) is 14.1. The Morgan fingerprint density at radius 3 is 2.92 bits per heavy atom. The normalized spacial score (nSPS) is 20.0. The second-order valence-corrected chi connectivity index (χ2v) is 6.36. The van der Waals surface area contributed by atoms with E-state index in [1.807, 2.05) is 42.6 Å². The van der Waals surface area contributed by atoms with Crippen molar-refractivity contribution < 1.29 is 9.84 Å². The number of aromatic nitrogens is 2. The zero-order valence-corrected chi connectivity index (χ0v) is 14.1. The molecule has 3 rings (SSSR count). The molecule has 0 bridgehead atoms. The van der Waals surface area contributed by atoms with Crippen LogP contribution in [0.2, 0.25) is 0 Å². The highest BCUT2D eigenvalue weighted by Gasteiger charge is 2.24. The quantitative estimate of drug-likeness (QED) is 0.883. The molecule has 1 aliphatic heterocycles. The van der Waals surface area contributed by atoms with Crippen LogP contribution in [0.4, 0.5) is 0 Å². The Balaban J connectivity index is 1.63. The fourth-order valence-corrected chi connectivity index (χ4v) is 3.33. The lowest BCUT2D eigenvalue weighted by molar-refractivity contribution is 0.0949. The third-order valence-electron chi connectivity index (χ3n) is 4.54. The van der Waals surface area contributed by atoms with Crippen LogP contribution in [0.5, 0.6) is 0 Å². The highest BCUT2D eigenvalue weighted by Crippen LogP contribution is 2.27. The predicted octanol–water partition coefficient (Wildman–Crippen LogP) is 2.54. The van der Waals surface area contributed by atoms with Gasteiger partial charge in [0.05, 0.1) is 6.10 Å². The van der Waals surface area contributed by atoms with Crippen molar-refractivity contribution in [1.29, 1.82) is 0 Å². The Labute approximate surface area is 143 Å². The van der Waals surface area contributed by atoms with Gasteiger partial charge in [0.2, 0.25) is 0 Å². The molecule has 1 fully saturated rings. The molecule has 128 valence electrons. The lowest BCUT2D eigenvalue weighted by Gasteiger charge is -2.33. The summed E-state index contributed by atoms with van der Waals surface area (Å²) >= 11 is 0. The molecular formula is C19H25N3O2. The van der Waals surface area contributed by atoms with Crippen LogP contribution in [0.25, 0.3) is 0 Å². The van der Waals surface area contributed by atoms with E-state index < -0.39 is 6.10 Å². The van der Waals surface area contributed by atoms with Crippen molar-refractivity contribution in [3.8, 4) is 0 Å². The van der Waals surface area contributed by atoms with Gasteiger partial charge in [-0.25, -0.2) is 9.97 Å². The molecule has 1 aromatic carbocycles. The van der Waals surface area contributed by atoms with E-state index in [2.05, 4.69) is 14.9 Å². The van der Waals surface area contributed by atoms with Gasteiger partial charge in [-0.3, -0.25) is 4.90 Å². The van der Waals surface area contributed by atoms with Gasteiger partial charge in [0.15, 0.2) is 5.82 Å². The van der Waals surface area contributed by atoms with Crippen LogP contribution in [-0.4, -0.2) is 46.7 Å². The van der Waals surface area contributed by atoms with Crippen LogP contribution >= 0.6 is 0 Å². The fraction of sp³-hybridized carbons (Fsp3) is 0.474. The topological polar surface area (TPSA) is 58.5 Å². The van der Waals surface area contributed by atoms with Gasteiger partial charge in [-0.2, -0.15) is 0 Å².